The fraction of sp³-hybridized carbons (Fsp3) is 0.947. The highest BCUT2D eigenvalue weighted by Gasteiger charge is 2.22. The number of hydrogen-bond donors (Lipinski definition) is 0. The van der Waals surface area contributed by atoms with Crippen LogP contribution in [0.1, 0.15) is 515 Å². The minimum Gasteiger partial charge on any atom is -0.545 e. The van der Waals surface area contributed by atoms with Crippen LogP contribution in [0.25, 0.3) is 0 Å². The lowest BCUT2D eigenvalue weighted by Gasteiger charge is -2.26. The zero-order chi connectivity index (χ0) is 74.6. The molecule has 2 atom stereocenters. The molecule has 9 heteroatoms. The van der Waals surface area contributed by atoms with E-state index < -0.39 is 24.3 Å². The second-order valence-corrected chi connectivity index (χ2v) is 33.7. The minimum absolute atomic E-state index is 0.153. The summed E-state index contributed by atoms with van der Waals surface area (Å²) in [4.78, 5) is 37.7. The number of esters is 2. The summed E-state index contributed by atoms with van der Waals surface area (Å²) in [5.74, 6) is -2.24. The Balaban J connectivity index is 3.85. The first kappa shape index (κ1) is 101. The maximum atomic E-state index is 13.0. The Morgan fingerprint density at radius 2 is 0.495 bits per heavy atom. The number of quaternary nitrogens is 1. The molecule has 0 aliphatic heterocycles. The molecule has 0 spiro atoms. The minimum atomic E-state index is -1.62. The van der Waals surface area contributed by atoms with E-state index in [0.29, 0.717) is 17.4 Å². The summed E-state index contributed by atoms with van der Waals surface area (Å²) in [5.41, 5.74) is 0. The van der Waals surface area contributed by atoms with E-state index in [2.05, 4.69) is 26.0 Å². The third kappa shape index (κ3) is 87.1. The summed E-state index contributed by atoms with van der Waals surface area (Å²) in [6.07, 6.45) is 107. The van der Waals surface area contributed by atoms with Crippen molar-refractivity contribution in [2.45, 2.75) is 527 Å². The molecule has 0 heterocycles. The van der Waals surface area contributed by atoms with Crippen molar-refractivity contribution < 1.29 is 42.9 Å². The number of aliphatic carboxylic acids is 1. The van der Waals surface area contributed by atoms with E-state index in [9.17, 15) is 19.5 Å². The van der Waals surface area contributed by atoms with Crippen molar-refractivity contribution in [1.29, 1.82) is 0 Å². The van der Waals surface area contributed by atoms with Gasteiger partial charge in [0.15, 0.2) is 12.4 Å². The molecule has 9 nitrogen and oxygen atoms in total. The van der Waals surface area contributed by atoms with E-state index in [1.54, 1.807) is 0 Å². The number of nitrogens with zero attached hydrogens (tertiary/aromatic N) is 1. The largest absolute Gasteiger partial charge is 0.545 e. The van der Waals surface area contributed by atoms with Crippen molar-refractivity contribution in [2.24, 2.45) is 0 Å². The first-order valence-corrected chi connectivity index (χ1v) is 46.8. The lowest BCUT2D eigenvalue weighted by molar-refractivity contribution is -0.870. The first-order chi connectivity index (χ1) is 50.6. The van der Waals surface area contributed by atoms with Gasteiger partial charge in [-0.05, 0) is 38.5 Å². The van der Waals surface area contributed by atoms with Gasteiger partial charge < -0.3 is 33.3 Å². The molecule has 0 bridgehead atoms. The molecule has 0 fully saturated rings. The Labute approximate surface area is 644 Å². The summed E-state index contributed by atoms with van der Waals surface area (Å²) < 4.78 is 23.0. The number of carbonyl (C=O) groups excluding carboxylic acids is 3. The van der Waals surface area contributed by atoms with Gasteiger partial charge in [-0.1, -0.05) is 475 Å². The van der Waals surface area contributed by atoms with Crippen LogP contribution in [0, 0.1) is 0 Å². The van der Waals surface area contributed by atoms with Gasteiger partial charge in [-0.15, -0.1) is 0 Å². The molecule has 0 aliphatic rings. The van der Waals surface area contributed by atoms with E-state index in [-0.39, 0.29) is 32.2 Å². The van der Waals surface area contributed by atoms with Crippen LogP contribution >= 0.6 is 0 Å². The van der Waals surface area contributed by atoms with Crippen molar-refractivity contribution in [3.8, 4) is 0 Å². The van der Waals surface area contributed by atoms with Crippen LogP contribution in [0.3, 0.4) is 0 Å². The number of rotatable bonds is 90. The number of likely N-dealkylation sites (N-methyl/N-ethyl adjacent to an activating group) is 1. The average Bonchev–Trinajstić information content (AvgIpc) is 1.01. The smallest absolute Gasteiger partial charge is 0.306 e. The molecule has 0 radical (unpaired) electrons. The van der Waals surface area contributed by atoms with Gasteiger partial charge in [-0.25, -0.2) is 0 Å². The number of carbonyl (C=O) groups is 3. The van der Waals surface area contributed by atoms with Crippen LogP contribution in [0.2, 0.25) is 0 Å². The van der Waals surface area contributed by atoms with Gasteiger partial charge in [0.25, 0.3) is 0 Å². The Hall–Kier alpha value is -1.97. The lowest BCUT2D eigenvalue weighted by Crippen LogP contribution is -2.44. The molecule has 0 aromatic rings. The standard InChI is InChI=1S/C94H183NO8/c1-6-8-10-12-14-16-18-20-22-24-26-28-30-32-34-36-38-40-42-44-45-46-47-49-51-53-55-57-59-61-63-65-67-69-71-73-75-77-79-81-83-85-92(97)103-90(89-102-94(93(98)99)100-87-86-95(3,4)5)88-101-91(96)84-82-80-78-76-74-72-70-68-66-64-62-60-58-56-54-52-50-48-43-41-39-37-35-33-31-29-27-25-23-21-19-17-15-13-11-9-7-2/h24,26,90,94H,6-23,25,27-89H2,1-5H3/b26-24-. The number of hydrogen-bond acceptors (Lipinski definition) is 8. The van der Waals surface area contributed by atoms with E-state index >= 15 is 0 Å². The van der Waals surface area contributed by atoms with Gasteiger partial charge in [-0.2, -0.15) is 0 Å². The number of unbranched alkanes of at least 4 members (excludes halogenated alkanes) is 73. The van der Waals surface area contributed by atoms with Crippen molar-refractivity contribution in [2.75, 3.05) is 47.5 Å². The monoisotopic (exact) mass is 1450 g/mol. The molecule has 0 rings (SSSR count). The second-order valence-electron chi connectivity index (χ2n) is 33.7. The van der Waals surface area contributed by atoms with Gasteiger partial charge in [-0.3, -0.25) is 9.59 Å². The van der Waals surface area contributed by atoms with Crippen LogP contribution < -0.4 is 5.11 Å². The maximum Gasteiger partial charge on any atom is 0.306 e. The molecule has 0 saturated carbocycles. The van der Waals surface area contributed by atoms with Crippen LogP contribution in [0.4, 0.5) is 0 Å². The zero-order valence-corrected chi connectivity index (χ0v) is 70.5. The van der Waals surface area contributed by atoms with E-state index in [4.69, 9.17) is 18.9 Å². The fourth-order valence-corrected chi connectivity index (χ4v) is 14.9. The van der Waals surface area contributed by atoms with Crippen molar-refractivity contribution in [3.63, 3.8) is 0 Å². The zero-order valence-electron chi connectivity index (χ0n) is 70.5. The topological polar surface area (TPSA) is 111 Å². The van der Waals surface area contributed by atoms with Crippen LogP contribution in [0.5, 0.6) is 0 Å². The quantitative estimate of drug-likeness (QED) is 0.0195. The van der Waals surface area contributed by atoms with Gasteiger partial charge in [0.1, 0.15) is 13.2 Å². The summed E-state index contributed by atoms with van der Waals surface area (Å²) in [7, 11) is 5.96. The molecule has 612 valence electrons. The van der Waals surface area contributed by atoms with Crippen molar-refractivity contribution in [1.82, 2.24) is 0 Å². The lowest BCUT2D eigenvalue weighted by atomic mass is 10.0. The molecule has 0 amide bonds. The normalized spacial score (nSPS) is 12.5. The molecule has 0 aromatic heterocycles. The Morgan fingerprint density at radius 3 is 0.718 bits per heavy atom. The molecule has 0 aromatic carbocycles. The Bertz CT molecular complexity index is 1700. The third-order valence-corrected chi connectivity index (χ3v) is 22.0. The molecular weight excluding hydrogens is 1270 g/mol. The summed E-state index contributed by atoms with van der Waals surface area (Å²) in [6, 6.07) is 0. The predicted octanol–water partition coefficient (Wildman–Crippen LogP) is 29.3. The number of ether oxygens (including phenoxy) is 4. The highest BCUT2D eigenvalue weighted by Crippen LogP contribution is 2.22. The third-order valence-electron chi connectivity index (χ3n) is 22.0. The Morgan fingerprint density at radius 1 is 0.282 bits per heavy atom. The first-order valence-electron chi connectivity index (χ1n) is 46.8. The second kappa shape index (κ2) is 85.6. The van der Waals surface area contributed by atoms with Crippen LogP contribution in [0.15, 0.2) is 12.2 Å². The molecular formula is C94H183NO8. The molecule has 0 aliphatic carbocycles. The molecule has 2 unspecified atom stereocenters. The fourth-order valence-electron chi connectivity index (χ4n) is 14.9. The number of allylic oxidation sites excluding steroid dienone is 2. The van der Waals surface area contributed by atoms with Crippen LogP contribution in [-0.2, 0) is 33.3 Å². The van der Waals surface area contributed by atoms with Gasteiger partial charge in [0.05, 0.1) is 40.3 Å². The summed E-state index contributed by atoms with van der Waals surface area (Å²) >= 11 is 0. The van der Waals surface area contributed by atoms with Crippen molar-refractivity contribution in [3.05, 3.63) is 12.2 Å². The molecule has 0 N–H and O–H groups in total. The van der Waals surface area contributed by atoms with Gasteiger partial charge in [0, 0.05) is 12.8 Å². The van der Waals surface area contributed by atoms with Crippen molar-refractivity contribution >= 4 is 17.9 Å². The Kier molecular flexibility index (Phi) is 84.0. The van der Waals surface area contributed by atoms with E-state index in [1.165, 1.54) is 449 Å². The summed E-state index contributed by atoms with van der Waals surface area (Å²) in [5, 5.41) is 11.9. The average molecular weight is 1460 g/mol. The molecule has 103 heavy (non-hydrogen) atoms. The number of carboxylic acids is 1. The highest BCUT2D eigenvalue weighted by molar-refractivity contribution is 5.70. The van der Waals surface area contributed by atoms with Gasteiger partial charge in [0.2, 0.25) is 0 Å². The maximum absolute atomic E-state index is 13.0. The van der Waals surface area contributed by atoms with E-state index in [0.717, 1.165) is 38.5 Å². The highest BCUT2D eigenvalue weighted by atomic mass is 16.7. The number of carboxylic acid groups (broad SMARTS) is 1. The van der Waals surface area contributed by atoms with Crippen LogP contribution in [-0.4, -0.2) is 82.3 Å². The van der Waals surface area contributed by atoms with Gasteiger partial charge >= 0.3 is 11.9 Å². The SMILES string of the molecule is CCCCCCCCCC/C=C\CCCCCCCCCCCCCCCCCCCCCCCCCCCCCCCC(=O)OC(COC(=O)CCCCCCCCCCCCCCCCCCCCCCCCCCCCCCCCCCCCCCC)COC(OCC[N+](C)(C)C)C(=O)[O-]. The summed E-state index contributed by atoms with van der Waals surface area (Å²) in [6.45, 7) is 4.86. The predicted molar refractivity (Wildman–Crippen MR) is 445 cm³/mol. The molecule has 0 saturated heterocycles. The van der Waals surface area contributed by atoms with E-state index in [1.807, 2.05) is 21.1 Å².